The maximum atomic E-state index is 12.1. The van der Waals surface area contributed by atoms with Crippen LogP contribution >= 0.6 is 11.8 Å². The molecule has 0 spiro atoms. The fourth-order valence-corrected chi connectivity index (χ4v) is 3.21. The first-order valence-electron chi connectivity index (χ1n) is 8.88. The molecule has 0 aliphatic rings. The van der Waals surface area contributed by atoms with Crippen LogP contribution < -0.4 is 5.32 Å². The molecular weight excluding hydrogens is 410 g/mol. The highest BCUT2D eigenvalue weighted by atomic mass is 32.2. The maximum absolute atomic E-state index is 12.1. The lowest BCUT2D eigenvalue weighted by molar-refractivity contribution is -0.146. The van der Waals surface area contributed by atoms with Gasteiger partial charge in [-0.2, -0.15) is 0 Å². The standard InChI is InChI=1S/C21H21NO7S/c1-27-20(25)14-10-15(21(26)28-2)12-16(11-14)22-18(23)13-29-19(24)8-9-30-17-6-4-3-5-7-17/h3-7,10-12H,8-9,13H2,1-2H3,(H,22,23). The van der Waals surface area contributed by atoms with Crippen LogP contribution in [0.5, 0.6) is 0 Å². The summed E-state index contributed by atoms with van der Waals surface area (Å²) in [6, 6.07) is 13.6. The molecule has 2 rings (SSSR count). The number of benzene rings is 2. The van der Waals surface area contributed by atoms with Gasteiger partial charge >= 0.3 is 17.9 Å². The summed E-state index contributed by atoms with van der Waals surface area (Å²) < 4.78 is 14.2. The number of amides is 1. The topological polar surface area (TPSA) is 108 Å². The van der Waals surface area contributed by atoms with Crippen LogP contribution in [0, 0.1) is 0 Å². The second-order valence-corrected chi connectivity index (χ2v) is 7.07. The molecular formula is C21H21NO7S. The summed E-state index contributed by atoms with van der Waals surface area (Å²) >= 11 is 1.51. The number of thioether (sulfide) groups is 1. The zero-order valence-corrected chi connectivity index (χ0v) is 17.3. The van der Waals surface area contributed by atoms with Gasteiger partial charge in [-0.1, -0.05) is 18.2 Å². The predicted octanol–water partition coefficient (Wildman–Crippen LogP) is 2.92. The Kier molecular flexibility index (Phi) is 8.89. The normalized spacial score (nSPS) is 10.1. The Labute approximate surface area is 177 Å². The average molecular weight is 431 g/mol. The maximum Gasteiger partial charge on any atom is 0.337 e. The highest BCUT2D eigenvalue weighted by Gasteiger charge is 2.15. The molecule has 0 aliphatic heterocycles. The molecule has 0 aliphatic carbocycles. The van der Waals surface area contributed by atoms with Crippen LogP contribution in [0.2, 0.25) is 0 Å². The van der Waals surface area contributed by atoms with E-state index in [0.29, 0.717) is 5.75 Å². The molecule has 9 heteroatoms. The number of carbonyl (C=O) groups is 4. The average Bonchev–Trinajstić information content (AvgIpc) is 2.77. The van der Waals surface area contributed by atoms with Gasteiger partial charge in [0.25, 0.3) is 5.91 Å². The van der Waals surface area contributed by atoms with Gasteiger partial charge in [0, 0.05) is 16.3 Å². The molecule has 0 radical (unpaired) electrons. The Bertz CT molecular complexity index is 881. The number of rotatable bonds is 9. The van der Waals surface area contributed by atoms with Crippen molar-refractivity contribution in [2.45, 2.75) is 11.3 Å². The van der Waals surface area contributed by atoms with Crippen molar-refractivity contribution in [1.29, 1.82) is 0 Å². The summed E-state index contributed by atoms with van der Waals surface area (Å²) in [6.45, 7) is -0.495. The largest absolute Gasteiger partial charge is 0.465 e. The van der Waals surface area contributed by atoms with Crippen molar-refractivity contribution >= 4 is 41.3 Å². The van der Waals surface area contributed by atoms with Gasteiger partial charge in [0.05, 0.1) is 31.8 Å². The van der Waals surface area contributed by atoms with Crippen molar-refractivity contribution in [1.82, 2.24) is 0 Å². The van der Waals surface area contributed by atoms with Crippen LogP contribution in [0.4, 0.5) is 5.69 Å². The quantitative estimate of drug-likeness (QED) is 0.367. The molecule has 0 heterocycles. The van der Waals surface area contributed by atoms with Gasteiger partial charge in [0.1, 0.15) is 0 Å². The minimum absolute atomic E-state index is 0.0608. The Hall–Kier alpha value is -3.33. The van der Waals surface area contributed by atoms with E-state index in [4.69, 9.17) is 4.74 Å². The van der Waals surface area contributed by atoms with Crippen LogP contribution in [0.25, 0.3) is 0 Å². The van der Waals surface area contributed by atoms with E-state index in [-0.39, 0.29) is 23.2 Å². The van der Waals surface area contributed by atoms with Crippen molar-refractivity contribution in [2.75, 3.05) is 31.9 Å². The minimum Gasteiger partial charge on any atom is -0.465 e. The fraction of sp³-hybridized carbons (Fsp3) is 0.238. The van der Waals surface area contributed by atoms with Gasteiger partial charge in [-0.3, -0.25) is 9.59 Å². The first-order chi connectivity index (χ1) is 14.4. The SMILES string of the molecule is COC(=O)c1cc(NC(=O)COC(=O)CCSc2ccccc2)cc(C(=O)OC)c1. The van der Waals surface area contributed by atoms with Crippen molar-refractivity contribution in [3.63, 3.8) is 0 Å². The summed E-state index contributed by atoms with van der Waals surface area (Å²) in [7, 11) is 2.39. The van der Waals surface area contributed by atoms with E-state index in [1.54, 1.807) is 0 Å². The van der Waals surface area contributed by atoms with E-state index in [0.717, 1.165) is 4.90 Å². The molecule has 0 aromatic heterocycles. The van der Waals surface area contributed by atoms with E-state index < -0.39 is 30.4 Å². The third-order valence-corrected chi connectivity index (χ3v) is 4.76. The van der Waals surface area contributed by atoms with E-state index in [1.807, 2.05) is 30.3 Å². The number of hydrogen-bond donors (Lipinski definition) is 1. The molecule has 30 heavy (non-hydrogen) atoms. The number of methoxy groups -OCH3 is 2. The zero-order valence-electron chi connectivity index (χ0n) is 16.5. The Morgan fingerprint density at radius 3 is 2.07 bits per heavy atom. The number of carbonyl (C=O) groups excluding carboxylic acids is 4. The molecule has 0 unspecified atom stereocenters. The van der Waals surface area contributed by atoms with Gasteiger partial charge in [-0.05, 0) is 30.3 Å². The number of anilines is 1. The lowest BCUT2D eigenvalue weighted by atomic mass is 10.1. The van der Waals surface area contributed by atoms with E-state index in [1.165, 1.54) is 44.2 Å². The van der Waals surface area contributed by atoms with Crippen LogP contribution in [0.3, 0.4) is 0 Å². The lowest BCUT2D eigenvalue weighted by Gasteiger charge is -2.10. The van der Waals surface area contributed by atoms with Gasteiger partial charge in [0.2, 0.25) is 0 Å². The summed E-state index contributed by atoms with van der Waals surface area (Å²) in [5.41, 5.74) is 0.287. The zero-order chi connectivity index (χ0) is 21.9. The van der Waals surface area contributed by atoms with E-state index in [9.17, 15) is 19.2 Å². The summed E-state index contributed by atoms with van der Waals surface area (Å²) in [5.74, 6) is -1.96. The van der Waals surface area contributed by atoms with Crippen molar-refractivity contribution in [3.8, 4) is 0 Å². The van der Waals surface area contributed by atoms with Gasteiger partial charge in [-0.15, -0.1) is 11.8 Å². The highest BCUT2D eigenvalue weighted by Crippen LogP contribution is 2.18. The smallest absolute Gasteiger partial charge is 0.337 e. The lowest BCUT2D eigenvalue weighted by Crippen LogP contribution is -2.21. The second kappa shape index (κ2) is 11.6. The van der Waals surface area contributed by atoms with Crippen LogP contribution in [-0.4, -0.2) is 50.4 Å². The molecule has 0 saturated carbocycles. The first kappa shape index (κ1) is 23.0. The Morgan fingerprint density at radius 1 is 0.900 bits per heavy atom. The molecule has 1 N–H and O–H groups in total. The van der Waals surface area contributed by atoms with E-state index >= 15 is 0 Å². The molecule has 1 amide bonds. The summed E-state index contributed by atoms with van der Waals surface area (Å²) in [4.78, 5) is 48.5. The summed E-state index contributed by atoms with van der Waals surface area (Å²) in [6.07, 6.45) is 0.150. The van der Waals surface area contributed by atoms with Crippen molar-refractivity contribution in [2.24, 2.45) is 0 Å². The number of hydrogen-bond acceptors (Lipinski definition) is 8. The van der Waals surface area contributed by atoms with Gasteiger partial charge < -0.3 is 19.5 Å². The Morgan fingerprint density at radius 2 is 1.50 bits per heavy atom. The molecule has 2 aromatic rings. The van der Waals surface area contributed by atoms with Crippen LogP contribution in [0.1, 0.15) is 27.1 Å². The fourth-order valence-electron chi connectivity index (χ4n) is 2.36. The third-order valence-electron chi connectivity index (χ3n) is 3.74. The van der Waals surface area contributed by atoms with E-state index in [2.05, 4.69) is 14.8 Å². The first-order valence-corrected chi connectivity index (χ1v) is 9.86. The monoisotopic (exact) mass is 431 g/mol. The molecule has 0 saturated heterocycles. The molecule has 0 bridgehead atoms. The second-order valence-electron chi connectivity index (χ2n) is 5.90. The molecule has 0 fully saturated rings. The van der Waals surface area contributed by atoms with Gasteiger partial charge in [-0.25, -0.2) is 9.59 Å². The predicted molar refractivity (Wildman–Crippen MR) is 110 cm³/mol. The van der Waals surface area contributed by atoms with Gasteiger partial charge in [0.15, 0.2) is 6.61 Å². The molecule has 2 aromatic carbocycles. The third kappa shape index (κ3) is 7.25. The Balaban J connectivity index is 1.88. The molecule has 8 nitrogen and oxygen atoms in total. The van der Waals surface area contributed by atoms with Crippen LogP contribution in [0.15, 0.2) is 53.4 Å². The molecule has 158 valence electrons. The van der Waals surface area contributed by atoms with Crippen molar-refractivity contribution in [3.05, 3.63) is 59.7 Å². The molecule has 0 atom stereocenters. The number of esters is 3. The number of ether oxygens (including phenoxy) is 3. The number of nitrogens with one attached hydrogen (secondary N) is 1. The van der Waals surface area contributed by atoms with Crippen molar-refractivity contribution < 1.29 is 33.4 Å². The van der Waals surface area contributed by atoms with Crippen LogP contribution in [-0.2, 0) is 23.8 Å². The highest BCUT2D eigenvalue weighted by molar-refractivity contribution is 7.99. The summed E-state index contributed by atoms with van der Waals surface area (Å²) in [5, 5.41) is 2.48. The minimum atomic E-state index is -0.682.